The molecule has 1 aromatic rings. The van der Waals surface area contributed by atoms with Crippen LogP contribution in [0.15, 0.2) is 18.2 Å². The number of ether oxygens (including phenoxy) is 1. The van der Waals surface area contributed by atoms with Crippen molar-refractivity contribution in [3.8, 4) is 5.75 Å². The Morgan fingerprint density at radius 3 is 2.96 bits per heavy atom. The summed E-state index contributed by atoms with van der Waals surface area (Å²) in [6.45, 7) is 2.18. The van der Waals surface area contributed by atoms with Gasteiger partial charge in [-0.25, -0.2) is 0 Å². The quantitative estimate of drug-likeness (QED) is 0.719. The van der Waals surface area contributed by atoms with E-state index in [1.165, 1.54) is 11.1 Å². The van der Waals surface area contributed by atoms with Crippen molar-refractivity contribution in [2.75, 3.05) is 0 Å². The van der Waals surface area contributed by atoms with Crippen molar-refractivity contribution >= 4 is 5.97 Å². The average molecular weight is 328 g/mol. The number of carbonyl (C=O) groups excluding carboxylic acids is 1. The summed E-state index contributed by atoms with van der Waals surface area (Å²) in [5.74, 6) is 1.55. The molecule has 128 valence electrons. The third-order valence-electron chi connectivity index (χ3n) is 7.78. The van der Waals surface area contributed by atoms with Crippen molar-refractivity contribution in [1.29, 1.82) is 0 Å². The standard InChI is InChI=1S/C20H24O4/c1-19-7-6-14-13-5-3-12(21)8-11(13)2-4-15(14)16(19)9-17-20(19,23)10-18(22)24-17/h3,5,8,14-17,21,23H,2,4,6-7,9-10H2,1H3/t14-,15-,16+,17-,19+,20+/m1/s1. The van der Waals surface area contributed by atoms with Crippen LogP contribution in [0.25, 0.3) is 0 Å². The second-order valence-corrected chi connectivity index (χ2v) is 8.57. The Kier molecular flexibility index (Phi) is 2.79. The molecular weight excluding hydrogens is 304 g/mol. The summed E-state index contributed by atoms with van der Waals surface area (Å²) in [5, 5.41) is 21.1. The molecule has 4 aliphatic rings. The van der Waals surface area contributed by atoms with Crippen LogP contribution in [0.3, 0.4) is 0 Å². The van der Waals surface area contributed by atoms with E-state index in [4.69, 9.17) is 4.74 Å². The van der Waals surface area contributed by atoms with E-state index in [9.17, 15) is 15.0 Å². The topological polar surface area (TPSA) is 66.8 Å². The summed E-state index contributed by atoms with van der Waals surface area (Å²) in [4.78, 5) is 11.8. The highest BCUT2D eigenvalue weighted by atomic mass is 16.6. The Morgan fingerprint density at radius 1 is 1.29 bits per heavy atom. The lowest BCUT2D eigenvalue weighted by molar-refractivity contribution is -0.142. The highest BCUT2D eigenvalue weighted by Crippen LogP contribution is 2.66. The number of fused-ring (bicyclic) bond motifs is 7. The van der Waals surface area contributed by atoms with Crippen LogP contribution < -0.4 is 0 Å². The molecule has 3 fully saturated rings. The van der Waals surface area contributed by atoms with Gasteiger partial charge < -0.3 is 14.9 Å². The molecule has 0 radical (unpaired) electrons. The highest BCUT2D eigenvalue weighted by Gasteiger charge is 2.69. The second kappa shape index (κ2) is 4.54. The fraction of sp³-hybridized carbons (Fsp3) is 0.650. The van der Waals surface area contributed by atoms with E-state index >= 15 is 0 Å². The van der Waals surface area contributed by atoms with Crippen LogP contribution in [0, 0.1) is 17.3 Å². The van der Waals surface area contributed by atoms with Crippen molar-refractivity contribution < 1.29 is 19.7 Å². The number of rotatable bonds is 0. The summed E-state index contributed by atoms with van der Waals surface area (Å²) in [6, 6.07) is 5.81. The number of aryl methyl sites for hydroxylation is 1. The molecule has 1 heterocycles. The summed E-state index contributed by atoms with van der Waals surface area (Å²) in [7, 11) is 0. The number of hydrogen-bond acceptors (Lipinski definition) is 4. The number of hydrogen-bond donors (Lipinski definition) is 2. The molecule has 4 heteroatoms. The first-order chi connectivity index (χ1) is 11.4. The lowest BCUT2D eigenvalue weighted by atomic mass is 9.53. The number of aromatic hydroxyl groups is 1. The predicted octanol–water partition coefficient (Wildman–Crippen LogP) is 2.90. The number of phenolic OH excluding ortho intramolecular Hbond substituents is 1. The Balaban J connectivity index is 1.53. The second-order valence-electron chi connectivity index (χ2n) is 8.57. The average Bonchev–Trinajstić information content (AvgIpc) is 2.94. The fourth-order valence-electron chi connectivity index (χ4n) is 6.54. The first-order valence-corrected chi connectivity index (χ1v) is 9.16. The number of esters is 1. The van der Waals surface area contributed by atoms with Crippen molar-refractivity contribution in [2.45, 2.75) is 63.1 Å². The minimum absolute atomic E-state index is 0.159. The summed E-state index contributed by atoms with van der Waals surface area (Å²) in [6.07, 6.45) is 4.69. The summed E-state index contributed by atoms with van der Waals surface area (Å²) in [5.41, 5.74) is 1.46. The van der Waals surface area contributed by atoms with Crippen LogP contribution in [-0.4, -0.2) is 27.9 Å². The molecule has 24 heavy (non-hydrogen) atoms. The molecule has 0 aromatic heterocycles. The molecular formula is C20H24O4. The van der Waals surface area contributed by atoms with Gasteiger partial charge in [-0.1, -0.05) is 13.0 Å². The first kappa shape index (κ1) is 14.8. The van der Waals surface area contributed by atoms with Gasteiger partial charge >= 0.3 is 5.97 Å². The molecule has 2 saturated carbocycles. The normalized spacial score (nSPS) is 45.8. The van der Waals surface area contributed by atoms with Crippen molar-refractivity contribution in [1.82, 2.24) is 0 Å². The van der Waals surface area contributed by atoms with Crippen LogP contribution in [0.2, 0.25) is 0 Å². The third-order valence-corrected chi connectivity index (χ3v) is 7.78. The maximum absolute atomic E-state index is 11.8. The van der Waals surface area contributed by atoms with E-state index in [0.29, 0.717) is 23.5 Å². The van der Waals surface area contributed by atoms with E-state index in [-0.39, 0.29) is 23.9 Å². The van der Waals surface area contributed by atoms with E-state index in [0.717, 1.165) is 32.1 Å². The first-order valence-electron chi connectivity index (χ1n) is 9.16. The Labute approximate surface area is 141 Å². The van der Waals surface area contributed by atoms with Crippen molar-refractivity contribution in [3.63, 3.8) is 0 Å². The lowest BCUT2D eigenvalue weighted by Gasteiger charge is -2.52. The van der Waals surface area contributed by atoms with Gasteiger partial charge in [0.15, 0.2) is 0 Å². The van der Waals surface area contributed by atoms with E-state index < -0.39 is 5.60 Å². The van der Waals surface area contributed by atoms with Crippen molar-refractivity contribution in [3.05, 3.63) is 29.3 Å². The molecule has 2 N–H and O–H groups in total. The van der Waals surface area contributed by atoms with Crippen LogP contribution in [-0.2, 0) is 16.0 Å². The SMILES string of the molecule is C[C@]12CC[C@@H]3c4ccc(O)cc4CC[C@H]3[C@@H]1C[C@H]1OC(=O)C[C@]12O. The molecule has 1 aromatic carbocycles. The Hall–Kier alpha value is -1.55. The number of aliphatic hydroxyl groups is 1. The minimum atomic E-state index is -0.977. The Bertz CT molecular complexity index is 728. The third kappa shape index (κ3) is 1.65. The van der Waals surface area contributed by atoms with Gasteiger partial charge in [0.1, 0.15) is 17.5 Å². The van der Waals surface area contributed by atoms with Gasteiger partial charge in [0, 0.05) is 5.41 Å². The molecule has 5 rings (SSSR count). The van der Waals surface area contributed by atoms with Gasteiger partial charge in [-0.15, -0.1) is 0 Å². The van der Waals surface area contributed by atoms with Gasteiger partial charge in [0.2, 0.25) is 0 Å². The van der Waals surface area contributed by atoms with Gasteiger partial charge in [-0.05, 0) is 73.1 Å². The molecule has 0 amide bonds. The van der Waals surface area contributed by atoms with Crippen LogP contribution in [0.4, 0.5) is 0 Å². The minimum Gasteiger partial charge on any atom is -0.508 e. The summed E-state index contributed by atoms with van der Waals surface area (Å²) < 4.78 is 5.49. The van der Waals surface area contributed by atoms with Gasteiger partial charge in [-0.2, -0.15) is 0 Å². The van der Waals surface area contributed by atoms with Gasteiger partial charge in [0.25, 0.3) is 0 Å². The maximum Gasteiger partial charge on any atom is 0.309 e. The van der Waals surface area contributed by atoms with Crippen LogP contribution >= 0.6 is 0 Å². The molecule has 1 saturated heterocycles. The Morgan fingerprint density at radius 2 is 2.12 bits per heavy atom. The molecule has 3 aliphatic carbocycles. The molecule has 6 atom stereocenters. The van der Waals surface area contributed by atoms with Gasteiger partial charge in [0.05, 0.1) is 6.42 Å². The monoisotopic (exact) mass is 328 g/mol. The molecule has 0 bridgehead atoms. The molecule has 0 unspecified atom stereocenters. The fourth-order valence-corrected chi connectivity index (χ4v) is 6.54. The number of carbonyl (C=O) groups is 1. The van der Waals surface area contributed by atoms with Crippen molar-refractivity contribution in [2.24, 2.45) is 17.3 Å². The predicted molar refractivity (Wildman–Crippen MR) is 87.6 cm³/mol. The lowest BCUT2D eigenvalue weighted by Crippen LogP contribution is -2.52. The summed E-state index contributed by atoms with van der Waals surface area (Å²) >= 11 is 0. The van der Waals surface area contributed by atoms with Gasteiger partial charge in [-0.3, -0.25) is 4.79 Å². The maximum atomic E-state index is 11.8. The highest BCUT2D eigenvalue weighted by molar-refractivity contribution is 5.74. The smallest absolute Gasteiger partial charge is 0.309 e. The molecule has 4 nitrogen and oxygen atoms in total. The number of phenols is 1. The van der Waals surface area contributed by atoms with E-state index in [1.54, 1.807) is 6.07 Å². The van der Waals surface area contributed by atoms with E-state index in [2.05, 4.69) is 13.0 Å². The van der Waals surface area contributed by atoms with Crippen LogP contribution in [0.5, 0.6) is 5.75 Å². The zero-order chi connectivity index (χ0) is 16.7. The van der Waals surface area contributed by atoms with E-state index in [1.807, 2.05) is 6.07 Å². The zero-order valence-electron chi connectivity index (χ0n) is 14.0. The number of benzene rings is 1. The van der Waals surface area contributed by atoms with Crippen LogP contribution in [0.1, 0.15) is 56.1 Å². The molecule has 0 spiro atoms. The largest absolute Gasteiger partial charge is 0.508 e. The molecule has 1 aliphatic heterocycles. The zero-order valence-corrected chi connectivity index (χ0v) is 14.0.